The predicted molar refractivity (Wildman–Crippen MR) is 73.4 cm³/mol. The number of halogens is 2. The van der Waals surface area contributed by atoms with Gasteiger partial charge in [0.2, 0.25) is 0 Å². The topological polar surface area (TPSA) is 52.9 Å². The molecule has 5 heteroatoms. The molecule has 0 heterocycles. The molecule has 0 spiro atoms. The molecular formula is C13H12BrClN2O. The molecule has 1 saturated carbocycles. The summed E-state index contributed by atoms with van der Waals surface area (Å²) in [5.41, 5.74) is 0.439. The van der Waals surface area contributed by atoms with E-state index in [9.17, 15) is 4.79 Å². The second kappa shape index (κ2) is 5.73. The molecular weight excluding hydrogens is 316 g/mol. The van der Waals surface area contributed by atoms with Gasteiger partial charge >= 0.3 is 0 Å². The highest BCUT2D eigenvalue weighted by Gasteiger charge is 2.29. The highest BCUT2D eigenvalue weighted by molar-refractivity contribution is 9.10. The Balaban J connectivity index is 2.13. The normalized spacial score (nSPS) is 22.5. The van der Waals surface area contributed by atoms with E-state index >= 15 is 0 Å². The van der Waals surface area contributed by atoms with Gasteiger partial charge in [-0.05, 0) is 47.3 Å². The molecule has 1 amide bonds. The van der Waals surface area contributed by atoms with Gasteiger partial charge in [-0.25, -0.2) is 0 Å². The van der Waals surface area contributed by atoms with Gasteiger partial charge in [0, 0.05) is 10.5 Å². The lowest BCUT2D eigenvalue weighted by atomic mass is 10.1. The molecule has 1 fully saturated rings. The monoisotopic (exact) mass is 326 g/mol. The lowest BCUT2D eigenvalue weighted by molar-refractivity contribution is 0.0933. The van der Waals surface area contributed by atoms with Crippen LogP contribution in [0.5, 0.6) is 0 Å². The van der Waals surface area contributed by atoms with Crippen molar-refractivity contribution < 1.29 is 4.79 Å². The van der Waals surface area contributed by atoms with E-state index in [2.05, 4.69) is 27.3 Å². The maximum atomic E-state index is 12.1. The number of hydrogen-bond acceptors (Lipinski definition) is 2. The van der Waals surface area contributed by atoms with E-state index in [1.165, 1.54) is 0 Å². The summed E-state index contributed by atoms with van der Waals surface area (Å²) in [6.07, 6.45) is 2.69. The van der Waals surface area contributed by atoms with Gasteiger partial charge in [0.05, 0.1) is 22.6 Å². The van der Waals surface area contributed by atoms with E-state index in [-0.39, 0.29) is 17.9 Å². The van der Waals surface area contributed by atoms with Crippen molar-refractivity contribution in [3.63, 3.8) is 0 Å². The van der Waals surface area contributed by atoms with Gasteiger partial charge in [-0.1, -0.05) is 17.7 Å². The van der Waals surface area contributed by atoms with Gasteiger partial charge in [-0.3, -0.25) is 4.79 Å². The van der Waals surface area contributed by atoms with E-state index in [1.807, 2.05) is 0 Å². The molecule has 1 N–H and O–H groups in total. The largest absolute Gasteiger partial charge is 0.348 e. The van der Waals surface area contributed by atoms with Crippen molar-refractivity contribution in [2.24, 2.45) is 5.92 Å². The van der Waals surface area contributed by atoms with Crippen LogP contribution in [0, 0.1) is 17.2 Å². The van der Waals surface area contributed by atoms with Crippen molar-refractivity contribution in [2.45, 2.75) is 25.3 Å². The summed E-state index contributed by atoms with van der Waals surface area (Å²) in [5.74, 6) is -0.298. The summed E-state index contributed by atoms with van der Waals surface area (Å²) in [6.45, 7) is 0. The Kier molecular flexibility index (Phi) is 4.26. The second-order valence-electron chi connectivity index (χ2n) is 4.35. The number of carbonyl (C=O) groups excluding carboxylic acids is 1. The first-order valence-electron chi connectivity index (χ1n) is 5.78. The Labute approximate surface area is 119 Å². The van der Waals surface area contributed by atoms with Gasteiger partial charge in [0.25, 0.3) is 5.91 Å². The van der Waals surface area contributed by atoms with Gasteiger partial charge in [0.15, 0.2) is 0 Å². The fourth-order valence-corrected chi connectivity index (χ4v) is 2.79. The molecule has 1 aliphatic carbocycles. The smallest absolute Gasteiger partial charge is 0.253 e. The molecule has 94 valence electrons. The highest BCUT2D eigenvalue weighted by atomic mass is 79.9. The van der Waals surface area contributed by atoms with Crippen molar-refractivity contribution in [3.8, 4) is 6.07 Å². The standard InChI is InChI=1S/C13H12BrClN2O/c14-10-5-2-4-9(12(10)15)13(18)17-11-6-1-3-8(11)7-16/h2,4-5,8,11H,1,3,6H2,(H,17,18). The van der Waals surface area contributed by atoms with Gasteiger partial charge < -0.3 is 5.32 Å². The second-order valence-corrected chi connectivity index (χ2v) is 5.58. The Morgan fingerprint density at radius 1 is 1.50 bits per heavy atom. The first-order chi connectivity index (χ1) is 8.63. The third-order valence-electron chi connectivity index (χ3n) is 3.19. The molecule has 2 atom stereocenters. The molecule has 1 aromatic carbocycles. The average molecular weight is 328 g/mol. The summed E-state index contributed by atoms with van der Waals surface area (Å²) in [4.78, 5) is 12.1. The lowest BCUT2D eigenvalue weighted by Gasteiger charge is -2.16. The zero-order valence-electron chi connectivity index (χ0n) is 9.62. The molecule has 0 aromatic heterocycles. The molecule has 2 unspecified atom stereocenters. The first kappa shape index (κ1) is 13.4. The molecule has 1 aliphatic rings. The van der Waals surface area contributed by atoms with E-state index in [0.29, 0.717) is 15.1 Å². The first-order valence-corrected chi connectivity index (χ1v) is 6.95. The number of nitrogens with one attached hydrogen (secondary N) is 1. The number of amides is 1. The number of nitriles is 1. The molecule has 0 aliphatic heterocycles. The van der Waals surface area contributed by atoms with Crippen molar-refractivity contribution in [1.82, 2.24) is 5.32 Å². The highest BCUT2D eigenvalue weighted by Crippen LogP contribution is 2.28. The van der Waals surface area contributed by atoms with Crippen molar-refractivity contribution >= 4 is 33.4 Å². The van der Waals surface area contributed by atoms with Crippen molar-refractivity contribution in [2.75, 3.05) is 0 Å². The summed E-state index contributed by atoms with van der Waals surface area (Å²) < 4.78 is 0.695. The third-order valence-corrected chi connectivity index (χ3v) is 4.49. The molecule has 0 saturated heterocycles. The number of carbonyl (C=O) groups is 1. The summed E-state index contributed by atoms with van der Waals surface area (Å²) in [5, 5.41) is 12.3. The van der Waals surface area contributed by atoms with Crippen LogP contribution in [-0.4, -0.2) is 11.9 Å². The van der Waals surface area contributed by atoms with E-state index in [4.69, 9.17) is 16.9 Å². The minimum Gasteiger partial charge on any atom is -0.348 e. The number of benzene rings is 1. The van der Waals surface area contributed by atoms with E-state index in [1.54, 1.807) is 18.2 Å². The lowest BCUT2D eigenvalue weighted by Crippen LogP contribution is -2.37. The molecule has 3 nitrogen and oxygen atoms in total. The van der Waals surface area contributed by atoms with Crippen LogP contribution in [0.2, 0.25) is 5.02 Å². The number of nitrogens with zero attached hydrogens (tertiary/aromatic N) is 1. The van der Waals surface area contributed by atoms with E-state index in [0.717, 1.165) is 19.3 Å². The quantitative estimate of drug-likeness (QED) is 0.903. The van der Waals surface area contributed by atoms with Crippen LogP contribution in [0.15, 0.2) is 22.7 Å². The fraction of sp³-hybridized carbons (Fsp3) is 0.385. The zero-order valence-corrected chi connectivity index (χ0v) is 12.0. The van der Waals surface area contributed by atoms with E-state index < -0.39 is 0 Å². The number of rotatable bonds is 2. The Morgan fingerprint density at radius 3 is 3.00 bits per heavy atom. The van der Waals surface area contributed by atoms with Crippen LogP contribution >= 0.6 is 27.5 Å². The van der Waals surface area contributed by atoms with Crippen LogP contribution in [-0.2, 0) is 0 Å². The summed E-state index contributed by atoms with van der Waals surface area (Å²) in [6, 6.07) is 7.41. The zero-order chi connectivity index (χ0) is 13.1. The Morgan fingerprint density at radius 2 is 2.28 bits per heavy atom. The fourth-order valence-electron chi connectivity index (χ4n) is 2.21. The molecule has 18 heavy (non-hydrogen) atoms. The molecule has 0 bridgehead atoms. The van der Waals surface area contributed by atoms with Gasteiger partial charge in [-0.2, -0.15) is 5.26 Å². The van der Waals surface area contributed by atoms with Crippen LogP contribution in [0.4, 0.5) is 0 Å². The maximum Gasteiger partial charge on any atom is 0.253 e. The molecule has 2 rings (SSSR count). The predicted octanol–water partition coefficient (Wildman–Crippen LogP) is 3.52. The maximum absolute atomic E-state index is 12.1. The Hall–Kier alpha value is -1.05. The van der Waals surface area contributed by atoms with Crippen LogP contribution in [0.1, 0.15) is 29.6 Å². The Bertz CT molecular complexity index is 512. The van der Waals surface area contributed by atoms with Crippen molar-refractivity contribution in [1.29, 1.82) is 5.26 Å². The summed E-state index contributed by atoms with van der Waals surface area (Å²) in [7, 11) is 0. The third kappa shape index (κ3) is 2.68. The SMILES string of the molecule is N#CC1CCCC1NC(=O)c1cccc(Br)c1Cl. The van der Waals surface area contributed by atoms with Gasteiger partial charge in [0.1, 0.15) is 0 Å². The van der Waals surface area contributed by atoms with Crippen LogP contribution in [0.25, 0.3) is 0 Å². The minimum atomic E-state index is -0.214. The van der Waals surface area contributed by atoms with Crippen LogP contribution in [0.3, 0.4) is 0 Å². The minimum absolute atomic E-state index is 0.0578. The molecule has 1 aromatic rings. The number of hydrogen-bond donors (Lipinski definition) is 1. The van der Waals surface area contributed by atoms with Gasteiger partial charge in [-0.15, -0.1) is 0 Å². The molecule has 0 radical (unpaired) electrons. The van der Waals surface area contributed by atoms with Crippen molar-refractivity contribution in [3.05, 3.63) is 33.3 Å². The summed E-state index contributed by atoms with van der Waals surface area (Å²) >= 11 is 9.36. The van der Waals surface area contributed by atoms with Crippen LogP contribution < -0.4 is 5.32 Å². The average Bonchev–Trinajstić information content (AvgIpc) is 2.79.